The number of furan rings is 1. The first-order valence-corrected chi connectivity index (χ1v) is 45.0. The summed E-state index contributed by atoms with van der Waals surface area (Å²) in [6.45, 7) is 0. The van der Waals surface area contributed by atoms with E-state index in [1.54, 1.807) is 0 Å². The van der Waals surface area contributed by atoms with Crippen LogP contribution in [-0.4, -0.2) is 43.6 Å². The average molecular weight is 1680 g/mol. The van der Waals surface area contributed by atoms with Crippen molar-refractivity contribution in [2.75, 3.05) is 0 Å². The molecule has 0 bridgehead atoms. The van der Waals surface area contributed by atoms with Gasteiger partial charge in [-0.3, -0.25) is 0 Å². The molecule has 27 rings (SSSR count). The monoisotopic (exact) mass is 1670 g/mol. The van der Waals surface area contributed by atoms with Gasteiger partial charge in [0.15, 0.2) is 34.9 Å². The van der Waals surface area contributed by atoms with Crippen molar-refractivity contribution in [3.63, 3.8) is 0 Å². The fourth-order valence-electron chi connectivity index (χ4n) is 19.1. The number of aromatic nitrogens is 9. The van der Waals surface area contributed by atoms with Gasteiger partial charge in [-0.1, -0.05) is 249 Å². The van der Waals surface area contributed by atoms with E-state index in [0.29, 0.717) is 34.9 Å². The first-order chi connectivity index (χ1) is 62.9. The largest absolute Gasteiger partial charge is 0.456 e. The third-order valence-electron chi connectivity index (χ3n) is 25.0. The maximum Gasteiger partial charge on any atom is 0.164 e. The van der Waals surface area contributed by atoms with Crippen molar-refractivity contribution in [1.82, 2.24) is 43.6 Å². The number of hydrogen-bond donors (Lipinski definition) is 0. The lowest BCUT2D eigenvalue weighted by Gasteiger charge is -2.12. The van der Waals surface area contributed by atoms with Crippen molar-refractivity contribution in [3.8, 4) is 108 Å². The van der Waals surface area contributed by atoms with E-state index in [4.69, 9.17) is 34.3 Å². The van der Waals surface area contributed by atoms with E-state index in [0.717, 1.165) is 94.4 Å². The molecule has 9 aromatic heterocycles. The molecule has 0 saturated carbocycles. The molecule has 0 amide bonds. The Bertz CT molecular complexity index is 9050. The van der Waals surface area contributed by atoms with E-state index in [9.17, 15) is 0 Å². The SMILES string of the molecule is c1ccc(-c2nc(-c3ccccc3)nc(-c3ccc(-n4c5ccccc5c5cc(-n6c7ccccc7c7cc(-c8cccc9c8sc8ccccc89)ccc76)ccc54)cc3)n2)cc1.c1ccc(-c2nc(-c3ccccc3)nc(-c3ccc4oc5ccc(-n6c7ccccc7c7cc(-c8ccc9sc%10cc%11c(cc%10c9c8)sc8ccccc8%11)ccc76)cc5c4c3)n2)cc1. The number of rotatable bonds is 11. The topological polar surface area (TPSA) is 105 Å². The molecule has 9 heterocycles. The van der Waals surface area contributed by atoms with Crippen LogP contribution in [0.15, 0.2) is 411 Å². The van der Waals surface area contributed by atoms with Crippen molar-refractivity contribution < 1.29 is 4.42 Å². The number of thiophene rings is 3. The molecule has 13 heteroatoms. The molecule has 18 aromatic carbocycles. The highest BCUT2D eigenvalue weighted by atomic mass is 32.1. The molecular weight excluding hydrogens is 1610 g/mol. The van der Waals surface area contributed by atoms with Crippen LogP contribution in [-0.2, 0) is 0 Å². The molecule has 0 unspecified atom stereocenters. The number of fused-ring (bicyclic) bond motifs is 21. The number of hydrogen-bond acceptors (Lipinski definition) is 10. The van der Waals surface area contributed by atoms with Gasteiger partial charge in [0.1, 0.15) is 11.2 Å². The zero-order valence-electron chi connectivity index (χ0n) is 67.8. The van der Waals surface area contributed by atoms with E-state index in [-0.39, 0.29) is 0 Å². The fourth-order valence-corrected chi connectivity index (χ4v) is 22.5. The van der Waals surface area contributed by atoms with Gasteiger partial charge in [-0.2, -0.15) is 0 Å². The van der Waals surface area contributed by atoms with Crippen LogP contribution >= 0.6 is 34.0 Å². The van der Waals surface area contributed by atoms with Crippen LogP contribution in [0.1, 0.15) is 0 Å². The highest BCUT2D eigenvalue weighted by Crippen LogP contribution is 2.48. The summed E-state index contributed by atoms with van der Waals surface area (Å²) >= 11 is 5.65. The summed E-state index contributed by atoms with van der Waals surface area (Å²) in [5.41, 5.74) is 22.4. The van der Waals surface area contributed by atoms with Crippen LogP contribution in [0.3, 0.4) is 0 Å². The normalized spacial score (nSPS) is 11.9. The Hall–Kier alpha value is -16.2. The van der Waals surface area contributed by atoms with Crippen LogP contribution in [0.2, 0.25) is 0 Å². The van der Waals surface area contributed by atoms with Crippen molar-refractivity contribution in [3.05, 3.63) is 406 Å². The molecule has 0 aliphatic heterocycles. The van der Waals surface area contributed by atoms with Gasteiger partial charge >= 0.3 is 0 Å². The molecule has 0 radical (unpaired) electrons. The minimum atomic E-state index is 0.609. The lowest BCUT2D eigenvalue weighted by molar-refractivity contribution is 0.669. The quantitative estimate of drug-likeness (QED) is 0.127. The maximum atomic E-state index is 6.47. The average Bonchev–Trinajstić information content (AvgIpc) is 1.58. The summed E-state index contributed by atoms with van der Waals surface area (Å²) in [5, 5.41) is 17.3. The predicted molar refractivity (Wildman–Crippen MR) is 532 cm³/mol. The summed E-state index contributed by atoms with van der Waals surface area (Å²) in [7, 11) is 0. The van der Waals surface area contributed by atoms with Gasteiger partial charge in [0.25, 0.3) is 0 Å². The van der Waals surface area contributed by atoms with E-state index in [1.807, 2.05) is 167 Å². The van der Waals surface area contributed by atoms with Crippen molar-refractivity contribution in [1.29, 1.82) is 0 Å². The molecule has 0 aliphatic rings. The summed E-state index contributed by atoms with van der Waals surface area (Å²) in [6.07, 6.45) is 0. The first kappa shape index (κ1) is 72.5. The molecule has 0 atom stereocenters. The smallest absolute Gasteiger partial charge is 0.164 e. The zero-order valence-corrected chi connectivity index (χ0v) is 70.3. The Labute approximate surface area is 738 Å². The lowest BCUT2D eigenvalue weighted by atomic mass is 10.0. The van der Waals surface area contributed by atoms with Crippen LogP contribution < -0.4 is 0 Å². The highest BCUT2D eigenvalue weighted by molar-refractivity contribution is 7.27. The van der Waals surface area contributed by atoms with E-state index >= 15 is 0 Å². The van der Waals surface area contributed by atoms with E-state index in [1.165, 1.54) is 126 Å². The van der Waals surface area contributed by atoms with Gasteiger partial charge in [-0.15, -0.1) is 34.0 Å². The van der Waals surface area contributed by atoms with Gasteiger partial charge in [0, 0.05) is 154 Å². The van der Waals surface area contributed by atoms with Crippen LogP contribution in [0.5, 0.6) is 0 Å². The standard InChI is InChI=1S/C57H35N5S.C57H32N4OS2/c1-3-14-36(15-4-1)55-58-56(37-16-5-2-6-17-37)60-57(59-55)38-26-29-40(30-27-38)61-49-23-10-8-19-44(49)48-35-41(31-33-52(48)61)62-50-24-11-7-18-43(50)47-34-39(28-32-51(47)62)42-21-13-22-46-45-20-9-12-25-53(45)63-54(42)46;1-3-11-33(12-4-1)55-58-56(34-13-5-2-6-14-34)60-57(59-55)37-20-24-49-42(29-37)43-30-38(22-25-50(43)62-49)61-47-17-9-7-15-39(47)41-27-35(19-23-48(41)61)36-21-26-52-44(28-36)46-32-53-45(31-54(46)64-52)40-16-8-10-18-51(40)63-53/h1-35H;1-32H. The van der Waals surface area contributed by atoms with Crippen LogP contribution in [0.25, 0.3) is 256 Å². The lowest BCUT2D eigenvalue weighted by Crippen LogP contribution is -2.00. The Morgan fingerprint density at radius 2 is 0.488 bits per heavy atom. The number of benzene rings is 18. The predicted octanol–water partition coefficient (Wildman–Crippen LogP) is 31.4. The molecule has 27 aromatic rings. The summed E-state index contributed by atoms with van der Waals surface area (Å²) in [4.78, 5) is 29.8. The van der Waals surface area contributed by atoms with Gasteiger partial charge in [0.2, 0.25) is 0 Å². The maximum absolute atomic E-state index is 6.47. The Morgan fingerprint density at radius 1 is 0.173 bits per heavy atom. The van der Waals surface area contributed by atoms with Crippen LogP contribution in [0.4, 0.5) is 0 Å². The number of nitrogens with zero attached hydrogens (tertiary/aromatic N) is 9. The number of para-hydroxylation sites is 3. The van der Waals surface area contributed by atoms with Gasteiger partial charge in [-0.25, -0.2) is 29.9 Å². The second-order valence-electron chi connectivity index (χ2n) is 32.4. The van der Waals surface area contributed by atoms with Crippen molar-refractivity contribution in [2.45, 2.75) is 0 Å². The summed E-state index contributed by atoms with van der Waals surface area (Å²) in [6, 6.07) is 145. The van der Waals surface area contributed by atoms with Crippen LogP contribution in [0, 0.1) is 0 Å². The Kier molecular flexibility index (Phi) is 16.7. The molecule has 0 aliphatic carbocycles. The zero-order chi connectivity index (χ0) is 83.3. The molecule has 127 heavy (non-hydrogen) atoms. The third kappa shape index (κ3) is 12.1. The highest BCUT2D eigenvalue weighted by Gasteiger charge is 2.24. The molecule has 592 valence electrons. The minimum absolute atomic E-state index is 0.609. The van der Waals surface area contributed by atoms with Gasteiger partial charge in [-0.05, 0) is 180 Å². The van der Waals surface area contributed by atoms with E-state index in [2.05, 4.69) is 287 Å². The molecule has 0 N–H and O–H groups in total. The molecular formula is C114H67N9OS3. The Balaban J connectivity index is 0.000000135. The second kappa shape index (κ2) is 29.3. The van der Waals surface area contributed by atoms with Gasteiger partial charge in [0.05, 0.1) is 33.1 Å². The van der Waals surface area contributed by atoms with E-state index < -0.39 is 0 Å². The van der Waals surface area contributed by atoms with Crippen molar-refractivity contribution in [2.24, 2.45) is 0 Å². The Morgan fingerprint density at radius 3 is 1.02 bits per heavy atom. The summed E-state index contributed by atoms with van der Waals surface area (Å²) < 4.78 is 21.6. The molecule has 0 saturated heterocycles. The molecule has 0 fully saturated rings. The molecule has 0 spiro atoms. The minimum Gasteiger partial charge on any atom is -0.456 e. The van der Waals surface area contributed by atoms with Gasteiger partial charge < -0.3 is 18.1 Å². The van der Waals surface area contributed by atoms with Crippen molar-refractivity contribution >= 4 is 182 Å². The first-order valence-electron chi connectivity index (χ1n) is 42.5. The third-order valence-corrected chi connectivity index (χ3v) is 28.5. The second-order valence-corrected chi connectivity index (χ2v) is 35.6. The fraction of sp³-hybridized carbons (Fsp3) is 0. The molecule has 10 nitrogen and oxygen atoms in total. The summed E-state index contributed by atoms with van der Waals surface area (Å²) in [5.74, 6) is 3.81.